The van der Waals surface area contributed by atoms with Gasteiger partial charge in [0.25, 0.3) is 0 Å². The third-order valence-corrected chi connectivity index (χ3v) is 3.11. The van der Waals surface area contributed by atoms with E-state index in [9.17, 15) is 22.8 Å². The van der Waals surface area contributed by atoms with Crippen LogP contribution in [0.1, 0.15) is 25.8 Å². The number of ether oxygens (including phenoxy) is 1. The van der Waals surface area contributed by atoms with Crippen molar-refractivity contribution in [3.05, 3.63) is 35.9 Å². The topological polar surface area (TPSA) is 58.6 Å². The summed E-state index contributed by atoms with van der Waals surface area (Å²) >= 11 is 0. The van der Waals surface area contributed by atoms with Gasteiger partial charge in [-0.3, -0.25) is 4.79 Å². The summed E-state index contributed by atoms with van der Waals surface area (Å²) in [6.07, 6.45) is -5.79. The van der Waals surface area contributed by atoms with Crippen LogP contribution >= 0.6 is 0 Å². The standard InChI is InChI=1S/C16H21F3N2O3/c1-12(2)21(10-13-6-4-3-5-7-13)14(22)8-9-20-15(23)24-11-16(17,18)19/h3-7,12H,8-11H2,1-2H3,(H,20,23). The molecule has 0 aliphatic rings. The van der Waals surface area contributed by atoms with Crippen molar-refractivity contribution in [1.82, 2.24) is 10.2 Å². The van der Waals surface area contributed by atoms with Crippen LogP contribution in [0, 0.1) is 0 Å². The lowest BCUT2D eigenvalue weighted by Crippen LogP contribution is -2.38. The van der Waals surface area contributed by atoms with E-state index >= 15 is 0 Å². The maximum absolute atomic E-state index is 12.2. The minimum absolute atomic E-state index is 0.0217. The van der Waals surface area contributed by atoms with Gasteiger partial charge in [0.15, 0.2) is 6.61 Å². The molecular formula is C16H21F3N2O3. The fraction of sp³-hybridized carbons (Fsp3) is 0.500. The predicted octanol–water partition coefficient (Wildman–Crippen LogP) is 3.10. The molecule has 0 saturated carbocycles. The second-order valence-corrected chi connectivity index (χ2v) is 5.47. The fourth-order valence-electron chi connectivity index (χ4n) is 1.95. The van der Waals surface area contributed by atoms with Gasteiger partial charge in [0, 0.05) is 25.6 Å². The largest absolute Gasteiger partial charge is 0.440 e. The number of carbonyl (C=O) groups is 2. The van der Waals surface area contributed by atoms with Crippen molar-refractivity contribution in [2.24, 2.45) is 0 Å². The maximum atomic E-state index is 12.2. The number of amides is 2. The highest BCUT2D eigenvalue weighted by molar-refractivity contribution is 5.77. The first-order chi connectivity index (χ1) is 11.2. The molecule has 134 valence electrons. The van der Waals surface area contributed by atoms with Gasteiger partial charge < -0.3 is 15.0 Å². The van der Waals surface area contributed by atoms with E-state index in [2.05, 4.69) is 10.1 Å². The van der Waals surface area contributed by atoms with Crippen LogP contribution < -0.4 is 5.32 Å². The fourth-order valence-corrected chi connectivity index (χ4v) is 1.95. The second-order valence-electron chi connectivity index (χ2n) is 5.47. The van der Waals surface area contributed by atoms with Crippen LogP contribution in [0.25, 0.3) is 0 Å². The molecule has 0 bridgehead atoms. The van der Waals surface area contributed by atoms with Crippen LogP contribution in [0.15, 0.2) is 30.3 Å². The number of alkyl carbamates (subject to hydrolysis) is 1. The van der Waals surface area contributed by atoms with E-state index in [0.717, 1.165) is 5.56 Å². The van der Waals surface area contributed by atoms with Crippen LogP contribution in [0.5, 0.6) is 0 Å². The van der Waals surface area contributed by atoms with E-state index in [4.69, 9.17) is 0 Å². The summed E-state index contributed by atoms with van der Waals surface area (Å²) in [6.45, 7) is 2.42. The lowest BCUT2D eigenvalue weighted by atomic mass is 10.1. The van der Waals surface area contributed by atoms with Crippen molar-refractivity contribution < 1.29 is 27.5 Å². The number of alkyl halides is 3. The zero-order valence-corrected chi connectivity index (χ0v) is 13.6. The summed E-state index contributed by atoms with van der Waals surface area (Å²) in [6, 6.07) is 9.37. The minimum Gasteiger partial charge on any atom is -0.440 e. The molecule has 0 aromatic heterocycles. The minimum atomic E-state index is -4.57. The molecule has 24 heavy (non-hydrogen) atoms. The number of hydrogen-bond acceptors (Lipinski definition) is 3. The maximum Gasteiger partial charge on any atom is 0.422 e. The highest BCUT2D eigenvalue weighted by Crippen LogP contribution is 2.14. The van der Waals surface area contributed by atoms with E-state index in [1.54, 1.807) is 4.90 Å². The lowest BCUT2D eigenvalue weighted by molar-refractivity contribution is -0.160. The third-order valence-electron chi connectivity index (χ3n) is 3.11. The van der Waals surface area contributed by atoms with E-state index < -0.39 is 18.9 Å². The van der Waals surface area contributed by atoms with Crippen molar-refractivity contribution >= 4 is 12.0 Å². The summed E-state index contributed by atoms with van der Waals surface area (Å²) in [5.41, 5.74) is 0.970. The van der Waals surface area contributed by atoms with E-state index in [1.807, 2.05) is 44.2 Å². The van der Waals surface area contributed by atoms with Crippen LogP contribution in [0.3, 0.4) is 0 Å². The van der Waals surface area contributed by atoms with Crippen LogP contribution in [-0.4, -0.2) is 42.3 Å². The molecule has 0 unspecified atom stereocenters. The molecule has 0 spiro atoms. The Kier molecular flexibility index (Phi) is 7.54. The van der Waals surface area contributed by atoms with Crippen molar-refractivity contribution in [1.29, 1.82) is 0 Å². The Morgan fingerprint density at radius 1 is 1.21 bits per heavy atom. The monoisotopic (exact) mass is 346 g/mol. The number of halogens is 3. The van der Waals surface area contributed by atoms with E-state index in [-0.39, 0.29) is 24.9 Å². The Balaban J connectivity index is 2.42. The summed E-state index contributed by atoms with van der Waals surface area (Å²) < 4.78 is 39.7. The zero-order chi connectivity index (χ0) is 18.2. The molecule has 2 amide bonds. The average molecular weight is 346 g/mol. The quantitative estimate of drug-likeness (QED) is 0.825. The summed E-state index contributed by atoms with van der Waals surface area (Å²) in [7, 11) is 0. The molecule has 0 fully saturated rings. The van der Waals surface area contributed by atoms with Crippen molar-refractivity contribution in [2.45, 2.75) is 39.0 Å². The molecule has 1 aromatic rings. The Morgan fingerprint density at radius 2 is 1.83 bits per heavy atom. The van der Waals surface area contributed by atoms with Crippen molar-refractivity contribution in [3.8, 4) is 0 Å². The molecule has 0 saturated heterocycles. The van der Waals surface area contributed by atoms with Crippen LogP contribution in [0.2, 0.25) is 0 Å². The van der Waals surface area contributed by atoms with Crippen molar-refractivity contribution in [3.63, 3.8) is 0 Å². The van der Waals surface area contributed by atoms with Gasteiger partial charge in [0.05, 0.1) is 0 Å². The first-order valence-corrected chi connectivity index (χ1v) is 7.50. The van der Waals surface area contributed by atoms with Gasteiger partial charge in [-0.05, 0) is 19.4 Å². The van der Waals surface area contributed by atoms with Crippen LogP contribution in [-0.2, 0) is 16.1 Å². The molecular weight excluding hydrogens is 325 g/mol. The first kappa shape index (κ1) is 19.8. The molecule has 0 radical (unpaired) electrons. The number of nitrogens with one attached hydrogen (secondary N) is 1. The van der Waals surface area contributed by atoms with E-state index in [1.165, 1.54) is 0 Å². The Labute approximate surface area is 138 Å². The highest BCUT2D eigenvalue weighted by atomic mass is 19.4. The number of benzene rings is 1. The van der Waals surface area contributed by atoms with Crippen LogP contribution in [0.4, 0.5) is 18.0 Å². The van der Waals surface area contributed by atoms with Gasteiger partial charge >= 0.3 is 12.3 Å². The second kappa shape index (κ2) is 9.14. The molecule has 1 aromatic carbocycles. The van der Waals surface area contributed by atoms with Gasteiger partial charge in [-0.15, -0.1) is 0 Å². The summed E-state index contributed by atoms with van der Waals surface area (Å²) in [5.74, 6) is -0.204. The molecule has 1 N–H and O–H groups in total. The normalized spacial score (nSPS) is 11.2. The zero-order valence-electron chi connectivity index (χ0n) is 13.6. The van der Waals surface area contributed by atoms with E-state index in [0.29, 0.717) is 6.54 Å². The van der Waals surface area contributed by atoms with Gasteiger partial charge in [0.2, 0.25) is 5.91 Å². The lowest BCUT2D eigenvalue weighted by Gasteiger charge is -2.27. The van der Waals surface area contributed by atoms with Gasteiger partial charge in [-0.1, -0.05) is 30.3 Å². The smallest absolute Gasteiger partial charge is 0.422 e. The van der Waals surface area contributed by atoms with Gasteiger partial charge in [0.1, 0.15) is 0 Å². The summed E-state index contributed by atoms with van der Waals surface area (Å²) in [5, 5.41) is 2.14. The number of hydrogen-bond donors (Lipinski definition) is 1. The van der Waals surface area contributed by atoms with Gasteiger partial charge in [-0.25, -0.2) is 4.79 Å². The average Bonchev–Trinajstić information content (AvgIpc) is 2.50. The first-order valence-electron chi connectivity index (χ1n) is 7.50. The highest BCUT2D eigenvalue weighted by Gasteiger charge is 2.29. The predicted molar refractivity (Wildman–Crippen MR) is 82.2 cm³/mol. The Bertz CT molecular complexity index is 533. The molecule has 0 heterocycles. The van der Waals surface area contributed by atoms with Gasteiger partial charge in [-0.2, -0.15) is 13.2 Å². The molecule has 1 rings (SSSR count). The summed E-state index contributed by atoms with van der Waals surface area (Å²) in [4.78, 5) is 25.0. The Hall–Kier alpha value is -2.25. The molecule has 8 heteroatoms. The number of nitrogens with zero attached hydrogens (tertiary/aromatic N) is 1. The molecule has 0 aliphatic heterocycles. The van der Waals surface area contributed by atoms with Crippen molar-refractivity contribution in [2.75, 3.05) is 13.2 Å². The number of carbonyl (C=O) groups excluding carboxylic acids is 2. The molecule has 5 nitrogen and oxygen atoms in total. The third kappa shape index (κ3) is 7.85. The molecule has 0 atom stereocenters. The molecule has 0 aliphatic carbocycles. The Morgan fingerprint density at radius 3 is 2.38 bits per heavy atom. The number of rotatable bonds is 7. The SMILES string of the molecule is CC(C)N(Cc1ccccc1)C(=O)CCNC(=O)OCC(F)(F)F.